The summed E-state index contributed by atoms with van der Waals surface area (Å²) >= 11 is 6.27. The van der Waals surface area contributed by atoms with Gasteiger partial charge in [-0.15, -0.1) is 0 Å². The summed E-state index contributed by atoms with van der Waals surface area (Å²) in [5.41, 5.74) is 6.99. The number of nitriles is 1. The number of hydrogen-bond donors (Lipinski definition) is 2. The molecule has 1 spiro atoms. The number of carbonyl (C=O) groups excluding carboxylic acids is 2. The van der Waals surface area contributed by atoms with Gasteiger partial charge in [0.25, 0.3) is 0 Å². The number of anilines is 2. The molecular weight excluding hydrogens is 431 g/mol. The lowest BCUT2D eigenvalue weighted by atomic mass is 9.63. The highest BCUT2D eigenvalue weighted by atomic mass is 35.5. The van der Waals surface area contributed by atoms with Crippen molar-refractivity contribution in [1.82, 2.24) is 0 Å². The Balaban J connectivity index is 1.91. The van der Waals surface area contributed by atoms with Crippen LogP contribution in [-0.2, 0) is 15.0 Å². The van der Waals surface area contributed by atoms with Gasteiger partial charge in [0.05, 0.1) is 16.9 Å². The normalized spacial score (nSPS) is 22.1. The van der Waals surface area contributed by atoms with Crippen LogP contribution in [0.5, 0.6) is 0 Å². The second-order valence-electron chi connectivity index (χ2n) is 8.06. The number of halogens is 2. The van der Waals surface area contributed by atoms with Gasteiger partial charge in [-0.05, 0) is 43.5 Å². The van der Waals surface area contributed by atoms with E-state index in [0.717, 1.165) is 0 Å². The van der Waals surface area contributed by atoms with Crippen molar-refractivity contribution in [3.63, 3.8) is 0 Å². The minimum absolute atomic E-state index is 0.0679. The molecule has 0 saturated carbocycles. The van der Waals surface area contributed by atoms with Gasteiger partial charge in [-0.3, -0.25) is 14.5 Å². The first-order valence-electron chi connectivity index (χ1n) is 10.2. The first-order valence-corrected chi connectivity index (χ1v) is 10.5. The third kappa shape index (κ3) is 2.38. The van der Waals surface area contributed by atoms with Crippen LogP contribution >= 0.6 is 11.6 Å². The lowest BCUT2D eigenvalue weighted by molar-refractivity contribution is -0.122. The van der Waals surface area contributed by atoms with E-state index in [1.165, 1.54) is 17.0 Å². The molecule has 0 aromatic heterocycles. The molecule has 0 unspecified atom stereocenters. The maximum atomic E-state index is 14.8. The molecular formula is C24H18ClFN4O2. The van der Waals surface area contributed by atoms with Crippen LogP contribution in [0.4, 0.5) is 15.8 Å². The van der Waals surface area contributed by atoms with E-state index in [1.807, 2.05) is 0 Å². The molecule has 6 nitrogen and oxygen atoms in total. The summed E-state index contributed by atoms with van der Waals surface area (Å²) in [6.07, 6.45) is 1.16. The second kappa shape index (κ2) is 6.94. The Morgan fingerprint density at radius 1 is 1.22 bits per heavy atom. The van der Waals surface area contributed by atoms with Crippen molar-refractivity contribution in [3.8, 4) is 6.07 Å². The van der Waals surface area contributed by atoms with E-state index in [0.29, 0.717) is 40.4 Å². The standard InChI is InChI=1S/C24H18ClFN4O2/c1-12-15(25)10-9-13-21(12)29-23(32)24(13)14(11-27)22(28)30(17-6-3-2-5-16(17)26)18-7-4-8-19(31)20(18)24/h2-3,5-6,9-10H,4,7-8,28H2,1H3,(H,29,32)/t24-/m1/s1. The van der Waals surface area contributed by atoms with E-state index in [9.17, 15) is 19.2 Å². The van der Waals surface area contributed by atoms with E-state index in [2.05, 4.69) is 11.4 Å². The molecule has 160 valence electrons. The molecule has 2 aromatic rings. The number of allylic oxidation sites excluding steroid dienone is 1. The summed E-state index contributed by atoms with van der Waals surface area (Å²) in [6, 6.07) is 11.4. The van der Waals surface area contributed by atoms with Gasteiger partial charge >= 0.3 is 0 Å². The topological polar surface area (TPSA) is 99.2 Å². The quantitative estimate of drug-likeness (QED) is 0.681. The largest absolute Gasteiger partial charge is 0.384 e. The fourth-order valence-electron chi connectivity index (χ4n) is 5.09. The van der Waals surface area contributed by atoms with E-state index in [4.69, 9.17) is 17.3 Å². The first-order chi connectivity index (χ1) is 15.3. The molecule has 3 N–H and O–H groups in total. The Morgan fingerprint density at radius 2 is 1.97 bits per heavy atom. The number of nitrogens with two attached hydrogens (primary N) is 1. The Morgan fingerprint density at radius 3 is 2.69 bits per heavy atom. The number of nitrogens with one attached hydrogen (secondary N) is 1. The van der Waals surface area contributed by atoms with E-state index in [1.54, 1.807) is 31.2 Å². The molecule has 8 heteroatoms. The molecule has 2 heterocycles. The maximum Gasteiger partial charge on any atom is 0.245 e. The Kier molecular flexibility index (Phi) is 4.40. The lowest BCUT2D eigenvalue weighted by Gasteiger charge is -2.43. The highest BCUT2D eigenvalue weighted by Crippen LogP contribution is 2.56. The average Bonchev–Trinajstić information content (AvgIpc) is 3.05. The number of fused-ring (bicyclic) bond motifs is 3. The minimum Gasteiger partial charge on any atom is -0.384 e. The molecule has 0 bridgehead atoms. The molecule has 5 rings (SSSR count). The SMILES string of the molecule is Cc1c(Cl)ccc2c1NC(=O)[C@@]21C(C#N)=C(N)N(c2ccccc2F)C2=C1C(=O)CCC2. The molecule has 1 atom stereocenters. The highest BCUT2D eigenvalue weighted by Gasteiger charge is 2.60. The minimum atomic E-state index is -1.70. The molecule has 2 aromatic carbocycles. The van der Waals surface area contributed by atoms with Crippen LogP contribution in [0.15, 0.2) is 59.1 Å². The highest BCUT2D eigenvalue weighted by molar-refractivity contribution is 6.32. The monoisotopic (exact) mass is 448 g/mol. The summed E-state index contributed by atoms with van der Waals surface area (Å²) in [7, 11) is 0. The summed E-state index contributed by atoms with van der Waals surface area (Å²) in [5.74, 6) is -1.41. The zero-order valence-corrected chi connectivity index (χ0v) is 17.9. The number of hydrogen-bond acceptors (Lipinski definition) is 5. The number of amides is 1. The first kappa shape index (κ1) is 20.3. The Labute approximate surface area is 188 Å². The average molecular weight is 449 g/mol. The number of ketones is 1. The maximum absolute atomic E-state index is 14.8. The van der Waals surface area contributed by atoms with Gasteiger partial charge in [0.15, 0.2) is 5.78 Å². The van der Waals surface area contributed by atoms with Gasteiger partial charge in [0, 0.05) is 28.3 Å². The predicted molar refractivity (Wildman–Crippen MR) is 118 cm³/mol. The third-order valence-corrected chi connectivity index (χ3v) is 6.90. The van der Waals surface area contributed by atoms with Crippen LogP contribution in [0.25, 0.3) is 0 Å². The van der Waals surface area contributed by atoms with Crippen LogP contribution in [0.3, 0.4) is 0 Å². The number of Topliss-reactive ketones (excluding diaryl/α,β-unsaturated/α-hetero) is 1. The van der Waals surface area contributed by atoms with Crippen molar-refractivity contribution in [3.05, 3.63) is 81.0 Å². The number of benzene rings is 2. The van der Waals surface area contributed by atoms with E-state index >= 15 is 0 Å². The summed E-state index contributed by atoms with van der Waals surface area (Å²) in [5, 5.41) is 13.5. The molecule has 1 amide bonds. The van der Waals surface area contributed by atoms with Crippen LogP contribution < -0.4 is 16.0 Å². The van der Waals surface area contributed by atoms with Gasteiger partial charge in [-0.2, -0.15) is 5.26 Å². The molecule has 32 heavy (non-hydrogen) atoms. The fraction of sp³-hybridized carbons (Fsp3) is 0.208. The van der Waals surface area contributed by atoms with Gasteiger partial charge in [-0.25, -0.2) is 4.39 Å². The van der Waals surface area contributed by atoms with Crippen LogP contribution in [0, 0.1) is 24.1 Å². The number of rotatable bonds is 1. The van der Waals surface area contributed by atoms with Gasteiger partial charge in [0.1, 0.15) is 23.1 Å². The van der Waals surface area contributed by atoms with Crippen molar-refractivity contribution in [2.24, 2.45) is 5.73 Å². The molecule has 3 aliphatic rings. The van der Waals surface area contributed by atoms with Crippen molar-refractivity contribution < 1.29 is 14.0 Å². The summed E-state index contributed by atoms with van der Waals surface area (Å²) < 4.78 is 14.8. The van der Waals surface area contributed by atoms with E-state index < -0.39 is 17.1 Å². The smallest absolute Gasteiger partial charge is 0.245 e. The zero-order chi connectivity index (χ0) is 22.8. The van der Waals surface area contributed by atoms with Crippen LogP contribution in [0.1, 0.15) is 30.4 Å². The van der Waals surface area contributed by atoms with Crippen LogP contribution in [0.2, 0.25) is 5.02 Å². The van der Waals surface area contributed by atoms with E-state index in [-0.39, 0.29) is 34.9 Å². The van der Waals surface area contributed by atoms with Crippen molar-refractivity contribution in [2.75, 3.05) is 10.2 Å². The third-order valence-electron chi connectivity index (χ3n) is 6.49. The molecule has 0 saturated heterocycles. The lowest BCUT2D eigenvalue weighted by Crippen LogP contribution is -2.50. The molecule has 0 radical (unpaired) electrons. The Bertz CT molecular complexity index is 1340. The van der Waals surface area contributed by atoms with Crippen LogP contribution in [-0.4, -0.2) is 11.7 Å². The summed E-state index contributed by atoms with van der Waals surface area (Å²) in [6.45, 7) is 1.76. The van der Waals surface area contributed by atoms with Crippen molar-refractivity contribution in [2.45, 2.75) is 31.6 Å². The van der Waals surface area contributed by atoms with Gasteiger partial charge in [-0.1, -0.05) is 29.8 Å². The molecule has 2 aliphatic heterocycles. The van der Waals surface area contributed by atoms with Crippen molar-refractivity contribution >= 4 is 34.7 Å². The molecule has 1 aliphatic carbocycles. The summed E-state index contributed by atoms with van der Waals surface area (Å²) in [4.78, 5) is 28.4. The number of carbonyl (C=O) groups is 2. The Hall–Kier alpha value is -3.63. The zero-order valence-electron chi connectivity index (χ0n) is 17.1. The number of para-hydroxylation sites is 1. The number of nitrogens with zero attached hydrogens (tertiary/aromatic N) is 2. The predicted octanol–water partition coefficient (Wildman–Crippen LogP) is 4.20. The fourth-order valence-corrected chi connectivity index (χ4v) is 5.24. The second-order valence-corrected chi connectivity index (χ2v) is 8.46. The van der Waals surface area contributed by atoms with Gasteiger partial charge < -0.3 is 11.1 Å². The van der Waals surface area contributed by atoms with Gasteiger partial charge in [0.2, 0.25) is 5.91 Å². The van der Waals surface area contributed by atoms with Crippen molar-refractivity contribution in [1.29, 1.82) is 5.26 Å². The molecule has 0 fully saturated rings.